The highest BCUT2D eigenvalue weighted by Crippen LogP contribution is 2.39. The molecule has 0 bridgehead atoms. The average molecular weight is 191 g/mol. The molecule has 14 heavy (non-hydrogen) atoms. The van der Waals surface area contributed by atoms with Crippen molar-refractivity contribution >= 4 is 0 Å². The fourth-order valence-corrected chi connectivity index (χ4v) is 2.53. The van der Waals surface area contributed by atoms with Crippen LogP contribution in [0.2, 0.25) is 0 Å². The topological polar surface area (TPSA) is 43.8 Å². The molecule has 0 radical (unpaired) electrons. The van der Waals surface area contributed by atoms with E-state index in [4.69, 9.17) is 10.7 Å². The molecule has 1 aromatic rings. The normalized spacial score (nSPS) is 20.1. The molecule has 1 saturated carbocycles. The number of hydrogen-bond donors (Lipinski definition) is 1. The van der Waals surface area contributed by atoms with E-state index in [0.29, 0.717) is 0 Å². The smallest absolute Gasteiger partial charge is 0.110 e. The maximum absolute atomic E-state index is 5.62. The highest BCUT2D eigenvalue weighted by Gasteiger charge is 2.31. The molecular weight excluding hydrogens is 174 g/mol. The third-order valence-electron chi connectivity index (χ3n) is 3.27. The average Bonchev–Trinajstić information content (AvgIpc) is 2.78. The van der Waals surface area contributed by atoms with Crippen molar-refractivity contribution in [2.24, 2.45) is 5.73 Å². The van der Waals surface area contributed by atoms with Crippen LogP contribution in [0.4, 0.5) is 0 Å². The van der Waals surface area contributed by atoms with Crippen molar-refractivity contribution in [3.8, 4) is 0 Å². The molecule has 0 aromatic carbocycles. The molecule has 0 saturated heterocycles. The maximum Gasteiger partial charge on any atom is 0.110 e. The Morgan fingerprint density at radius 3 is 2.93 bits per heavy atom. The molecule has 3 heteroatoms. The van der Waals surface area contributed by atoms with E-state index in [0.717, 1.165) is 19.0 Å². The van der Waals surface area contributed by atoms with Gasteiger partial charge in [-0.05, 0) is 38.6 Å². The highest BCUT2D eigenvalue weighted by atomic mass is 15.1. The predicted molar refractivity (Wildman–Crippen MR) is 55.3 cm³/mol. The van der Waals surface area contributed by atoms with Crippen LogP contribution in [0.1, 0.15) is 42.5 Å². The summed E-state index contributed by atoms with van der Waals surface area (Å²) in [4.78, 5) is 4.72. The molecule has 0 atom stereocenters. The number of aryl methyl sites for hydroxylation is 1. The van der Waals surface area contributed by atoms with Crippen molar-refractivity contribution in [1.29, 1.82) is 0 Å². The summed E-state index contributed by atoms with van der Waals surface area (Å²) in [6.45, 7) is 0.725. The summed E-state index contributed by atoms with van der Waals surface area (Å²) in [6.07, 6.45) is 7.37. The molecule has 1 aromatic heterocycles. The fraction of sp³-hybridized carbons (Fsp3) is 0.727. The molecule has 0 unspecified atom stereocenters. The van der Waals surface area contributed by atoms with Gasteiger partial charge in [0.05, 0.1) is 5.69 Å². The van der Waals surface area contributed by atoms with Crippen molar-refractivity contribution in [2.45, 2.75) is 44.6 Å². The van der Waals surface area contributed by atoms with Crippen LogP contribution in [-0.4, -0.2) is 16.1 Å². The number of aromatic nitrogens is 2. The standard InChI is InChI=1S/C11H17N3/c12-7-6-11-13-9-2-1-3-10(9)14(11)8-4-5-8/h8H,1-7,12H2. The Hall–Kier alpha value is -0.830. The molecule has 1 fully saturated rings. The number of rotatable bonds is 3. The van der Waals surface area contributed by atoms with Gasteiger partial charge in [0.25, 0.3) is 0 Å². The van der Waals surface area contributed by atoms with Gasteiger partial charge >= 0.3 is 0 Å². The zero-order valence-electron chi connectivity index (χ0n) is 8.50. The van der Waals surface area contributed by atoms with Crippen LogP contribution >= 0.6 is 0 Å². The van der Waals surface area contributed by atoms with Crippen molar-refractivity contribution < 1.29 is 0 Å². The van der Waals surface area contributed by atoms with Gasteiger partial charge in [0.2, 0.25) is 0 Å². The van der Waals surface area contributed by atoms with Crippen LogP contribution in [0.25, 0.3) is 0 Å². The molecular formula is C11H17N3. The van der Waals surface area contributed by atoms with Gasteiger partial charge in [-0.3, -0.25) is 0 Å². The van der Waals surface area contributed by atoms with Gasteiger partial charge in [0.1, 0.15) is 5.82 Å². The van der Waals surface area contributed by atoms with E-state index in [1.807, 2.05) is 0 Å². The summed E-state index contributed by atoms with van der Waals surface area (Å²) >= 11 is 0. The van der Waals surface area contributed by atoms with Gasteiger partial charge < -0.3 is 10.3 Å². The lowest BCUT2D eigenvalue weighted by molar-refractivity contribution is 0.640. The summed E-state index contributed by atoms with van der Waals surface area (Å²) < 4.78 is 2.50. The summed E-state index contributed by atoms with van der Waals surface area (Å²) in [6, 6.07) is 0.769. The van der Waals surface area contributed by atoms with Crippen LogP contribution in [0.5, 0.6) is 0 Å². The van der Waals surface area contributed by atoms with Crippen molar-refractivity contribution in [3.63, 3.8) is 0 Å². The van der Waals surface area contributed by atoms with E-state index in [9.17, 15) is 0 Å². The Bertz CT molecular complexity index is 350. The monoisotopic (exact) mass is 191 g/mol. The van der Waals surface area contributed by atoms with Crippen molar-refractivity contribution in [2.75, 3.05) is 6.54 Å². The zero-order valence-corrected chi connectivity index (χ0v) is 8.50. The molecule has 0 amide bonds. The molecule has 2 aliphatic carbocycles. The van der Waals surface area contributed by atoms with Crippen LogP contribution < -0.4 is 5.73 Å². The Morgan fingerprint density at radius 2 is 2.21 bits per heavy atom. The largest absolute Gasteiger partial charge is 0.330 e. The lowest BCUT2D eigenvalue weighted by Crippen LogP contribution is -2.11. The first-order valence-corrected chi connectivity index (χ1v) is 5.69. The van der Waals surface area contributed by atoms with Gasteiger partial charge in [-0.1, -0.05) is 0 Å². The summed E-state index contributed by atoms with van der Waals surface area (Å²) in [5.74, 6) is 1.25. The Balaban J connectivity index is 2.02. The third kappa shape index (κ3) is 1.19. The molecule has 2 N–H and O–H groups in total. The molecule has 2 aliphatic rings. The van der Waals surface area contributed by atoms with Gasteiger partial charge in [-0.25, -0.2) is 4.98 Å². The second-order valence-corrected chi connectivity index (χ2v) is 4.41. The first kappa shape index (κ1) is 8.48. The number of nitrogens with two attached hydrogens (primary N) is 1. The predicted octanol–water partition coefficient (Wildman–Crippen LogP) is 1.21. The summed E-state index contributed by atoms with van der Waals surface area (Å²) in [7, 11) is 0. The number of imidazole rings is 1. The molecule has 0 spiro atoms. The summed E-state index contributed by atoms with van der Waals surface area (Å²) in [5.41, 5.74) is 8.50. The quantitative estimate of drug-likeness (QED) is 0.780. The molecule has 3 nitrogen and oxygen atoms in total. The van der Waals surface area contributed by atoms with Gasteiger partial charge in [0.15, 0.2) is 0 Å². The van der Waals surface area contributed by atoms with Gasteiger partial charge in [-0.2, -0.15) is 0 Å². The lowest BCUT2D eigenvalue weighted by atomic mass is 10.3. The van der Waals surface area contributed by atoms with Crippen LogP contribution in [0.15, 0.2) is 0 Å². The molecule has 3 rings (SSSR count). The molecule has 76 valence electrons. The van der Waals surface area contributed by atoms with E-state index in [-0.39, 0.29) is 0 Å². The highest BCUT2D eigenvalue weighted by molar-refractivity contribution is 5.24. The second kappa shape index (κ2) is 3.09. The lowest BCUT2D eigenvalue weighted by Gasteiger charge is -2.08. The van der Waals surface area contributed by atoms with E-state index < -0.39 is 0 Å². The van der Waals surface area contributed by atoms with E-state index in [1.165, 1.54) is 49.3 Å². The molecule has 0 aliphatic heterocycles. The minimum Gasteiger partial charge on any atom is -0.330 e. The zero-order chi connectivity index (χ0) is 9.54. The second-order valence-electron chi connectivity index (χ2n) is 4.41. The summed E-state index contributed by atoms with van der Waals surface area (Å²) in [5, 5.41) is 0. The number of fused-ring (bicyclic) bond motifs is 1. The van der Waals surface area contributed by atoms with E-state index in [1.54, 1.807) is 0 Å². The van der Waals surface area contributed by atoms with Crippen LogP contribution in [-0.2, 0) is 19.3 Å². The molecule has 1 heterocycles. The van der Waals surface area contributed by atoms with E-state index in [2.05, 4.69) is 4.57 Å². The third-order valence-corrected chi connectivity index (χ3v) is 3.27. The minimum atomic E-state index is 0.725. The van der Waals surface area contributed by atoms with Crippen LogP contribution in [0, 0.1) is 0 Å². The number of hydrogen-bond acceptors (Lipinski definition) is 2. The number of nitrogens with zero attached hydrogens (tertiary/aromatic N) is 2. The van der Waals surface area contributed by atoms with Gasteiger partial charge in [-0.15, -0.1) is 0 Å². The van der Waals surface area contributed by atoms with E-state index >= 15 is 0 Å². The van der Waals surface area contributed by atoms with Crippen molar-refractivity contribution in [3.05, 3.63) is 17.2 Å². The Kier molecular flexibility index (Phi) is 1.87. The maximum atomic E-state index is 5.62. The Labute approximate surface area is 84.3 Å². The van der Waals surface area contributed by atoms with Crippen LogP contribution in [0.3, 0.4) is 0 Å². The fourth-order valence-electron chi connectivity index (χ4n) is 2.53. The van der Waals surface area contributed by atoms with Gasteiger partial charge in [0, 0.05) is 18.2 Å². The van der Waals surface area contributed by atoms with Crippen molar-refractivity contribution in [1.82, 2.24) is 9.55 Å². The SMILES string of the molecule is NCCc1nc2c(n1C1CC1)CCC2. The first-order valence-electron chi connectivity index (χ1n) is 5.69. The first-order chi connectivity index (χ1) is 6.90. The Morgan fingerprint density at radius 1 is 1.36 bits per heavy atom. The minimum absolute atomic E-state index is 0.725.